The van der Waals surface area contributed by atoms with Gasteiger partial charge in [0, 0.05) is 18.0 Å². The maximum atomic E-state index is 15.2. The molecule has 4 aliphatic rings. The number of imide groups is 2. The summed E-state index contributed by atoms with van der Waals surface area (Å²) in [7, 11) is 1.21. The first kappa shape index (κ1) is 34.7. The van der Waals surface area contributed by atoms with E-state index in [0.29, 0.717) is 5.56 Å². The molecule has 2 aliphatic carbocycles. The number of allylic oxidation sites excluding steroid dienone is 2. The van der Waals surface area contributed by atoms with Crippen molar-refractivity contribution in [2.45, 2.75) is 34.9 Å². The average molecular weight is 751 g/mol. The number of anilines is 1. The number of methoxy groups -OCH3 is 1. The van der Waals surface area contributed by atoms with Gasteiger partial charge in [-0.15, -0.1) is 23.2 Å². The molecule has 266 valence electrons. The molecule has 0 aromatic heterocycles. The smallest absolute Gasteiger partial charge is 0.258 e. The number of amides is 4. The van der Waals surface area contributed by atoms with Crippen LogP contribution in [0.3, 0.4) is 0 Å². The lowest BCUT2D eigenvalue weighted by Crippen LogP contribution is -2.60. The molecule has 0 spiro atoms. The van der Waals surface area contributed by atoms with E-state index in [1.54, 1.807) is 12.1 Å². The Morgan fingerprint density at radius 2 is 1.47 bits per heavy atom. The molecule has 16 heteroatoms. The van der Waals surface area contributed by atoms with E-state index in [-0.39, 0.29) is 46.9 Å². The number of nitrogens with zero attached hydrogens (tertiary/aromatic N) is 2. The molecule has 2 aliphatic heterocycles. The zero-order chi connectivity index (χ0) is 36.9. The molecular weight excluding hydrogens is 726 g/mol. The number of phenolic OH excluding ortho intramolecular Hbond substituents is 2. The average Bonchev–Trinajstić information content (AvgIpc) is 3.44. The molecule has 3 aromatic rings. The van der Waals surface area contributed by atoms with Crippen molar-refractivity contribution in [1.29, 1.82) is 0 Å². The number of hydrogen-bond donors (Lipinski definition) is 2. The summed E-state index contributed by atoms with van der Waals surface area (Å²) in [4.78, 5) is 51.8. The number of fused-ring (bicyclic) bond motifs is 4. The van der Waals surface area contributed by atoms with Gasteiger partial charge in [0.15, 0.2) is 33.0 Å². The summed E-state index contributed by atoms with van der Waals surface area (Å²) in [5.74, 6) is -22.4. The van der Waals surface area contributed by atoms with E-state index in [9.17, 15) is 42.6 Å². The summed E-state index contributed by atoms with van der Waals surface area (Å²) in [6.07, 6.45) is 1.01. The molecule has 2 saturated heterocycles. The van der Waals surface area contributed by atoms with Crippen LogP contribution >= 0.6 is 23.2 Å². The van der Waals surface area contributed by atoms with Gasteiger partial charge in [0.25, 0.3) is 11.8 Å². The maximum Gasteiger partial charge on any atom is 0.258 e. The maximum absolute atomic E-state index is 15.2. The standard InChI is InChI=1S/C35H25Cl2F5N2O7/c1-51-20-4-2-3-19(46)22(20)23-16-9-10-17-21(31(48)43(30(17)47)12-11-14-5-7-15(45)8-6-14)18(16)13-34(36)32(49)44(33(50)35(23,34)37)29-27(41)25(39)24(38)26(40)28(29)42/h2-9,17-18,21,23,45-46H,10-13H2,1H3. The molecule has 9 nitrogen and oxygen atoms in total. The van der Waals surface area contributed by atoms with Gasteiger partial charge < -0.3 is 14.9 Å². The summed E-state index contributed by atoms with van der Waals surface area (Å²) in [6, 6.07) is 10.1. The van der Waals surface area contributed by atoms with E-state index < -0.39 is 104 Å². The topological polar surface area (TPSA) is 124 Å². The minimum atomic E-state index is -2.81. The lowest BCUT2D eigenvalue weighted by molar-refractivity contribution is -0.140. The number of halogens is 7. The van der Waals surface area contributed by atoms with Crippen LogP contribution in [-0.2, 0) is 25.6 Å². The van der Waals surface area contributed by atoms with Crippen LogP contribution in [0.1, 0.15) is 29.9 Å². The van der Waals surface area contributed by atoms with Gasteiger partial charge in [-0.1, -0.05) is 29.8 Å². The van der Waals surface area contributed by atoms with Gasteiger partial charge in [-0.05, 0) is 55.0 Å². The number of hydrogen-bond acceptors (Lipinski definition) is 7. The molecular formula is C35H25Cl2F5N2O7. The molecule has 6 unspecified atom stereocenters. The third-order valence-electron chi connectivity index (χ3n) is 10.4. The monoisotopic (exact) mass is 750 g/mol. The summed E-state index contributed by atoms with van der Waals surface area (Å²) in [5, 5.41) is 20.8. The number of phenols is 2. The van der Waals surface area contributed by atoms with Crippen molar-refractivity contribution >= 4 is 52.5 Å². The number of aromatic hydroxyl groups is 2. The molecule has 1 saturated carbocycles. The summed E-state index contributed by atoms with van der Waals surface area (Å²) in [6.45, 7) is -0.0505. The lowest BCUT2D eigenvalue weighted by atomic mass is 9.56. The Bertz CT molecular complexity index is 2070. The van der Waals surface area contributed by atoms with Gasteiger partial charge in [-0.3, -0.25) is 24.1 Å². The molecule has 6 atom stereocenters. The summed E-state index contributed by atoms with van der Waals surface area (Å²) < 4.78 is 78.8. The van der Waals surface area contributed by atoms with Crippen LogP contribution in [0.2, 0.25) is 0 Å². The Morgan fingerprint density at radius 3 is 2.10 bits per heavy atom. The number of alkyl halides is 2. The van der Waals surface area contributed by atoms with E-state index in [4.69, 9.17) is 27.9 Å². The lowest BCUT2D eigenvalue weighted by Gasteiger charge is -2.50. The number of carbonyl (C=O) groups is 4. The third kappa shape index (κ3) is 4.64. The molecule has 3 aromatic carbocycles. The van der Waals surface area contributed by atoms with Crippen LogP contribution in [0.15, 0.2) is 54.1 Å². The molecule has 3 fully saturated rings. The highest BCUT2D eigenvalue weighted by molar-refractivity contribution is 6.58. The largest absolute Gasteiger partial charge is 0.508 e. The van der Waals surface area contributed by atoms with Gasteiger partial charge in [-0.25, -0.2) is 26.9 Å². The van der Waals surface area contributed by atoms with Crippen molar-refractivity contribution in [3.05, 3.63) is 94.3 Å². The van der Waals surface area contributed by atoms with Gasteiger partial charge in [0.2, 0.25) is 17.6 Å². The van der Waals surface area contributed by atoms with Crippen molar-refractivity contribution in [2.75, 3.05) is 18.6 Å². The molecule has 0 bridgehead atoms. The van der Waals surface area contributed by atoms with Crippen LogP contribution in [0.4, 0.5) is 27.6 Å². The van der Waals surface area contributed by atoms with Gasteiger partial charge in [0.05, 0.1) is 18.9 Å². The summed E-state index contributed by atoms with van der Waals surface area (Å²) >= 11 is 14.2. The number of rotatable bonds is 6. The highest BCUT2D eigenvalue weighted by atomic mass is 35.5. The van der Waals surface area contributed by atoms with Gasteiger partial charge >= 0.3 is 0 Å². The molecule has 2 N–H and O–H groups in total. The van der Waals surface area contributed by atoms with E-state index in [1.165, 1.54) is 43.5 Å². The van der Waals surface area contributed by atoms with Crippen LogP contribution in [0.25, 0.3) is 0 Å². The number of carbonyl (C=O) groups excluding carboxylic acids is 4. The van der Waals surface area contributed by atoms with Crippen LogP contribution in [-0.4, -0.2) is 62.1 Å². The minimum absolute atomic E-state index is 0.0219. The molecule has 4 amide bonds. The third-order valence-corrected chi connectivity index (χ3v) is 11.8. The van der Waals surface area contributed by atoms with Crippen LogP contribution < -0.4 is 9.64 Å². The Labute approximate surface area is 295 Å². The normalized spacial score (nSPS) is 28.5. The van der Waals surface area contributed by atoms with Crippen molar-refractivity contribution in [3.63, 3.8) is 0 Å². The second kappa shape index (κ2) is 11.9. The first-order valence-corrected chi connectivity index (χ1v) is 16.3. The molecule has 51 heavy (non-hydrogen) atoms. The first-order chi connectivity index (χ1) is 24.1. The Morgan fingerprint density at radius 1 is 0.843 bits per heavy atom. The fourth-order valence-corrected chi connectivity index (χ4v) is 8.99. The zero-order valence-corrected chi connectivity index (χ0v) is 27.7. The summed E-state index contributed by atoms with van der Waals surface area (Å²) in [5.41, 5.74) is -1.23. The second-order valence-electron chi connectivity index (χ2n) is 12.8. The van der Waals surface area contributed by atoms with Crippen LogP contribution in [0.5, 0.6) is 17.2 Å². The zero-order valence-electron chi connectivity index (χ0n) is 26.2. The molecule has 0 radical (unpaired) electrons. The van der Waals surface area contributed by atoms with Crippen molar-refractivity contribution < 1.29 is 56.1 Å². The Balaban J connectivity index is 1.38. The predicted molar refractivity (Wildman–Crippen MR) is 170 cm³/mol. The quantitative estimate of drug-likeness (QED) is 0.0839. The molecule has 7 rings (SSSR count). The first-order valence-electron chi connectivity index (χ1n) is 15.6. The highest BCUT2D eigenvalue weighted by Gasteiger charge is 2.77. The molecule has 2 heterocycles. The Hall–Kier alpha value is -4.69. The number of likely N-dealkylation sites (tertiary alicyclic amines) is 1. The Kier molecular flexibility index (Phi) is 8.14. The van der Waals surface area contributed by atoms with Crippen molar-refractivity contribution in [2.24, 2.45) is 17.8 Å². The number of benzene rings is 3. The van der Waals surface area contributed by atoms with E-state index in [1.807, 2.05) is 0 Å². The fraction of sp³-hybridized carbons (Fsp3) is 0.314. The van der Waals surface area contributed by atoms with Crippen molar-refractivity contribution in [3.8, 4) is 17.2 Å². The SMILES string of the molecule is COc1cccc(O)c1C1C2=CCC3C(=O)N(CCc4ccc(O)cc4)C(=O)C3C2CC2(Cl)C(=O)N(c3c(F)c(F)c(F)c(F)c3F)C(=O)C12Cl. The fourth-order valence-electron chi connectivity index (χ4n) is 8.07. The highest BCUT2D eigenvalue weighted by Crippen LogP contribution is 2.67. The van der Waals surface area contributed by atoms with Gasteiger partial charge in [0.1, 0.15) is 22.9 Å². The van der Waals surface area contributed by atoms with Crippen LogP contribution in [0, 0.1) is 46.8 Å². The minimum Gasteiger partial charge on any atom is -0.508 e. The second-order valence-corrected chi connectivity index (χ2v) is 14.1. The van der Waals surface area contributed by atoms with E-state index in [2.05, 4.69) is 0 Å². The predicted octanol–water partition coefficient (Wildman–Crippen LogP) is 5.61. The van der Waals surface area contributed by atoms with Gasteiger partial charge in [-0.2, -0.15) is 0 Å². The number of ether oxygens (including phenoxy) is 1. The van der Waals surface area contributed by atoms with E-state index >= 15 is 8.78 Å². The van der Waals surface area contributed by atoms with Crippen molar-refractivity contribution in [1.82, 2.24) is 4.90 Å². The van der Waals surface area contributed by atoms with E-state index in [0.717, 1.165) is 4.90 Å².